The molecule has 0 aromatic heterocycles. The van der Waals surface area contributed by atoms with Crippen molar-refractivity contribution in [1.82, 2.24) is 0 Å². The summed E-state index contributed by atoms with van der Waals surface area (Å²) in [6, 6.07) is 0. The second-order valence-corrected chi connectivity index (χ2v) is 11.3. The number of aliphatic hydroxyl groups is 1. The molecular formula is C27H41NO3. The number of carbonyl (C=O) groups excluding carboxylic acids is 1. The number of allylic oxidation sites excluding steroid dienone is 2. The normalized spacial score (nSPS) is 45.3. The molecule has 3 N–H and O–H groups in total. The molecule has 0 aromatic carbocycles. The highest BCUT2D eigenvalue weighted by atomic mass is 16.5. The van der Waals surface area contributed by atoms with Crippen molar-refractivity contribution in [2.75, 3.05) is 7.11 Å². The molecule has 2 saturated carbocycles. The molecule has 4 nitrogen and oxygen atoms in total. The van der Waals surface area contributed by atoms with Gasteiger partial charge in [0.2, 0.25) is 0 Å². The lowest BCUT2D eigenvalue weighted by molar-refractivity contribution is -0.134. The largest absolute Gasteiger partial charge is 0.466 e. The topological polar surface area (TPSA) is 72.5 Å². The monoisotopic (exact) mass is 427 g/mol. The smallest absolute Gasteiger partial charge is 0.330 e. The van der Waals surface area contributed by atoms with Crippen molar-refractivity contribution >= 4 is 5.97 Å². The van der Waals surface area contributed by atoms with Gasteiger partial charge < -0.3 is 15.6 Å². The molecular weight excluding hydrogens is 386 g/mol. The Bertz CT molecular complexity index is 843. The molecule has 172 valence electrons. The van der Waals surface area contributed by atoms with E-state index in [9.17, 15) is 9.90 Å². The number of methoxy groups -OCH3 is 1. The summed E-state index contributed by atoms with van der Waals surface area (Å²) in [6.45, 7) is 9.09. The van der Waals surface area contributed by atoms with Gasteiger partial charge in [-0.05, 0) is 74.5 Å². The molecule has 4 aliphatic carbocycles. The van der Waals surface area contributed by atoms with Crippen LogP contribution < -0.4 is 5.73 Å². The number of ether oxygens (including phenoxy) is 1. The van der Waals surface area contributed by atoms with Crippen LogP contribution in [0.3, 0.4) is 0 Å². The number of fused-ring (bicyclic) bond motifs is 5. The van der Waals surface area contributed by atoms with E-state index in [1.807, 2.05) is 6.08 Å². The maximum Gasteiger partial charge on any atom is 0.330 e. The Morgan fingerprint density at radius 2 is 2.03 bits per heavy atom. The van der Waals surface area contributed by atoms with Crippen LogP contribution in [-0.4, -0.2) is 29.3 Å². The zero-order valence-corrected chi connectivity index (χ0v) is 20.0. The van der Waals surface area contributed by atoms with Crippen molar-refractivity contribution in [2.45, 2.75) is 90.2 Å². The molecule has 0 aliphatic heterocycles. The van der Waals surface area contributed by atoms with Crippen LogP contribution in [0.5, 0.6) is 0 Å². The number of hydrogen-bond acceptors (Lipinski definition) is 4. The summed E-state index contributed by atoms with van der Waals surface area (Å²) in [5, 5.41) is 11.0. The minimum absolute atomic E-state index is 0.0471. The number of esters is 1. The van der Waals surface area contributed by atoms with E-state index in [4.69, 9.17) is 10.5 Å². The van der Waals surface area contributed by atoms with Crippen molar-refractivity contribution in [2.24, 2.45) is 34.3 Å². The fourth-order valence-corrected chi connectivity index (χ4v) is 7.76. The molecule has 0 radical (unpaired) electrons. The van der Waals surface area contributed by atoms with Gasteiger partial charge >= 0.3 is 5.97 Å². The first-order chi connectivity index (χ1) is 14.5. The van der Waals surface area contributed by atoms with E-state index >= 15 is 0 Å². The number of carbonyl (C=O) groups is 1. The molecule has 0 bridgehead atoms. The van der Waals surface area contributed by atoms with E-state index < -0.39 is 5.60 Å². The Labute approximate surface area is 188 Å². The summed E-state index contributed by atoms with van der Waals surface area (Å²) in [6.07, 6.45) is 16.2. The van der Waals surface area contributed by atoms with Gasteiger partial charge in [0, 0.05) is 17.0 Å². The van der Waals surface area contributed by atoms with Crippen LogP contribution in [0.2, 0.25) is 0 Å². The van der Waals surface area contributed by atoms with Crippen LogP contribution in [0, 0.1) is 28.6 Å². The standard InChI is InChI=1S/C27H41NO3/c1-6-26(30)16-15-24(3)19(17-26)8-9-22-21(24)11-13-25(4)20(12-14-27(22,25)28)18(2)7-10-23(29)31-5/h7-8,10,12,18,21-22,30H,6,9,11,13-17,28H2,1-5H3/b10-7+/t18-,21?,22-,24+,25-,26?,27-/m1/s1. The Morgan fingerprint density at radius 1 is 1.29 bits per heavy atom. The van der Waals surface area contributed by atoms with Crippen molar-refractivity contribution in [3.63, 3.8) is 0 Å². The first-order valence-electron chi connectivity index (χ1n) is 12.2. The Morgan fingerprint density at radius 3 is 2.71 bits per heavy atom. The van der Waals surface area contributed by atoms with E-state index in [-0.39, 0.29) is 28.3 Å². The van der Waals surface area contributed by atoms with Crippen molar-refractivity contribution in [1.29, 1.82) is 0 Å². The minimum Gasteiger partial charge on any atom is -0.466 e. The summed E-state index contributed by atoms with van der Waals surface area (Å²) >= 11 is 0. The van der Waals surface area contributed by atoms with Gasteiger partial charge in [0.25, 0.3) is 0 Å². The number of rotatable bonds is 4. The first-order valence-corrected chi connectivity index (χ1v) is 12.2. The third-order valence-electron chi connectivity index (χ3n) is 10.1. The van der Waals surface area contributed by atoms with Gasteiger partial charge in [-0.3, -0.25) is 0 Å². The van der Waals surface area contributed by atoms with E-state index in [2.05, 4.69) is 39.8 Å². The highest BCUT2D eigenvalue weighted by molar-refractivity contribution is 5.81. The summed E-state index contributed by atoms with van der Waals surface area (Å²) in [5.41, 5.74) is 9.59. The predicted molar refractivity (Wildman–Crippen MR) is 124 cm³/mol. The van der Waals surface area contributed by atoms with Crippen LogP contribution >= 0.6 is 0 Å². The summed E-state index contributed by atoms with van der Waals surface area (Å²) < 4.78 is 4.78. The Kier molecular flexibility index (Phi) is 5.58. The summed E-state index contributed by atoms with van der Waals surface area (Å²) in [7, 11) is 1.41. The highest BCUT2D eigenvalue weighted by Gasteiger charge is 2.63. The molecule has 0 saturated heterocycles. The molecule has 2 unspecified atom stereocenters. The van der Waals surface area contributed by atoms with Gasteiger partial charge in [-0.2, -0.15) is 0 Å². The number of hydrogen-bond donors (Lipinski definition) is 2. The second-order valence-electron chi connectivity index (χ2n) is 11.3. The van der Waals surface area contributed by atoms with Gasteiger partial charge in [0.05, 0.1) is 12.7 Å². The third kappa shape index (κ3) is 3.28. The highest BCUT2D eigenvalue weighted by Crippen LogP contribution is 2.67. The minimum atomic E-state index is -0.523. The van der Waals surface area contributed by atoms with E-state index in [1.54, 1.807) is 6.08 Å². The van der Waals surface area contributed by atoms with Crippen molar-refractivity contribution in [3.8, 4) is 0 Å². The van der Waals surface area contributed by atoms with Gasteiger partial charge in [0.1, 0.15) is 0 Å². The fourth-order valence-electron chi connectivity index (χ4n) is 7.76. The molecule has 31 heavy (non-hydrogen) atoms. The number of nitrogens with two attached hydrogens (primary N) is 1. The molecule has 4 aliphatic rings. The lowest BCUT2D eigenvalue weighted by Gasteiger charge is -2.62. The summed E-state index contributed by atoms with van der Waals surface area (Å²) in [5.74, 6) is 0.908. The van der Waals surface area contributed by atoms with Crippen LogP contribution in [0.1, 0.15) is 79.1 Å². The Hall–Kier alpha value is -1.39. The maximum atomic E-state index is 11.6. The molecule has 4 rings (SSSR count). The summed E-state index contributed by atoms with van der Waals surface area (Å²) in [4.78, 5) is 11.6. The predicted octanol–water partition coefficient (Wildman–Crippen LogP) is 5.07. The van der Waals surface area contributed by atoms with Crippen LogP contribution in [0.25, 0.3) is 0 Å². The van der Waals surface area contributed by atoms with E-state index in [0.717, 1.165) is 44.9 Å². The zero-order chi connectivity index (χ0) is 22.7. The zero-order valence-electron chi connectivity index (χ0n) is 20.0. The van der Waals surface area contributed by atoms with Gasteiger partial charge in [-0.1, -0.05) is 57.1 Å². The molecule has 2 fully saturated rings. The molecule has 0 heterocycles. The van der Waals surface area contributed by atoms with Gasteiger partial charge in [0.15, 0.2) is 0 Å². The van der Waals surface area contributed by atoms with Crippen molar-refractivity contribution < 1.29 is 14.6 Å². The molecule has 0 aromatic rings. The lowest BCUT2D eigenvalue weighted by Crippen LogP contribution is -2.65. The van der Waals surface area contributed by atoms with E-state index in [0.29, 0.717) is 11.8 Å². The second kappa shape index (κ2) is 7.59. The maximum absolute atomic E-state index is 11.6. The first kappa shape index (κ1) is 22.8. The van der Waals surface area contributed by atoms with Crippen LogP contribution in [0.15, 0.2) is 35.5 Å². The lowest BCUT2D eigenvalue weighted by atomic mass is 9.44. The molecule has 4 heteroatoms. The van der Waals surface area contributed by atoms with Crippen LogP contribution in [0.4, 0.5) is 0 Å². The van der Waals surface area contributed by atoms with Crippen LogP contribution in [-0.2, 0) is 9.53 Å². The third-order valence-corrected chi connectivity index (χ3v) is 10.1. The van der Waals surface area contributed by atoms with E-state index in [1.165, 1.54) is 24.7 Å². The Balaban J connectivity index is 1.62. The average Bonchev–Trinajstić information content (AvgIpc) is 3.03. The van der Waals surface area contributed by atoms with Crippen molar-refractivity contribution in [3.05, 3.63) is 35.5 Å². The van der Waals surface area contributed by atoms with Gasteiger partial charge in [-0.25, -0.2) is 4.79 Å². The molecule has 0 amide bonds. The quantitative estimate of drug-likeness (QED) is 0.373. The SMILES string of the molecule is CCC1(O)CC[C@@]2(C)C(=CC[C@@H]3C2CC[C@]2(C)C([C@H](C)/C=C/C(=O)OC)=CC[C@@]32N)C1. The van der Waals surface area contributed by atoms with Gasteiger partial charge in [-0.15, -0.1) is 0 Å². The molecule has 0 spiro atoms. The molecule has 7 atom stereocenters. The average molecular weight is 428 g/mol. The fraction of sp³-hybridized carbons (Fsp3) is 0.741.